The van der Waals surface area contributed by atoms with E-state index in [0.717, 1.165) is 0 Å². The molecule has 6 nitrogen and oxygen atoms in total. The van der Waals surface area contributed by atoms with Crippen LogP contribution in [0, 0.1) is 0 Å². The first-order valence-electron chi connectivity index (χ1n) is 6.81. The smallest absolute Gasteiger partial charge is 0.276 e. The van der Waals surface area contributed by atoms with Gasteiger partial charge in [0.2, 0.25) is 5.09 Å². The van der Waals surface area contributed by atoms with Crippen LogP contribution in [-0.2, 0) is 21.3 Å². The van der Waals surface area contributed by atoms with Gasteiger partial charge in [-0.2, -0.15) is 4.31 Å². The Hall–Kier alpha value is -0.890. The van der Waals surface area contributed by atoms with Crippen molar-refractivity contribution in [1.29, 1.82) is 0 Å². The third kappa shape index (κ3) is 4.05. The number of furan rings is 1. The summed E-state index contributed by atoms with van der Waals surface area (Å²) in [6, 6.07) is 3.80. The van der Waals surface area contributed by atoms with Crippen LogP contribution in [0.2, 0.25) is 0 Å². The van der Waals surface area contributed by atoms with Crippen molar-refractivity contribution in [2.75, 3.05) is 27.3 Å². The molecular formula is C13H22N2O4S. The Kier molecular flexibility index (Phi) is 5.20. The molecule has 7 heteroatoms. The lowest BCUT2D eigenvalue weighted by molar-refractivity contribution is 0.189. The van der Waals surface area contributed by atoms with Crippen molar-refractivity contribution in [2.24, 2.45) is 0 Å². The summed E-state index contributed by atoms with van der Waals surface area (Å²) in [7, 11) is -0.390. The van der Waals surface area contributed by atoms with E-state index in [1.807, 2.05) is 0 Å². The Morgan fingerprint density at radius 1 is 1.45 bits per heavy atom. The first kappa shape index (κ1) is 15.5. The van der Waals surface area contributed by atoms with Crippen LogP contribution in [-0.4, -0.2) is 46.1 Å². The van der Waals surface area contributed by atoms with Gasteiger partial charge in [0, 0.05) is 33.4 Å². The van der Waals surface area contributed by atoms with E-state index in [1.54, 1.807) is 20.2 Å². The van der Waals surface area contributed by atoms with Crippen LogP contribution in [0.4, 0.5) is 0 Å². The molecule has 1 aromatic heterocycles. The average molecular weight is 302 g/mol. The number of ether oxygens (including phenoxy) is 1. The fraction of sp³-hybridized carbons (Fsp3) is 0.692. The first-order valence-corrected chi connectivity index (χ1v) is 8.25. The summed E-state index contributed by atoms with van der Waals surface area (Å²) in [5, 5.41) is 3.29. The summed E-state index contributed by atoms with van der Waals surface area (Å²) >= 11 is 0. The van der Waals surface area contributed by atoms with Gasteiger partial charge in [0.15, 0.2) is 0 Å². The second kappa shape index (κ2) is 6.71. The molecule has 0 aliphatic heterocycles. The van der Waals surface area contributed by atoms with Gasteiger partial charge in [-0.1, -0.05) is 0 Å². The molecule has 0 radical (unpaired) electrons. The maximum atomic E-state index is 12.3. The van der Waals surface area contributed by atoms with Gasteiger partial charge < -0.3 is 14.5 Å². The molecule has 1 saturated carbocycles. The van der Waals surface area contributed by atoms with E-state index < -0.39 is 10.0 Å². The van der Waals surface area contributed by atoms with Crippen LogP contribution >= 0.6 is 0 Å². The van der Waals surface area contributed by atoms with E-state index in [2.05, 4.69) is 5.32 Å². The molecule has 1 aliphatic carbocycles. The monoisotopic (exact) mass is 302 g/mol. The number of rotatable bonds is 9. The second-order valence-corrected chi connectivity index (χ2v) is 7.02. The molecule has 0 spiro atoms. The van der Waals surface area contributed by atoms with Gasteiger partial charge in [0.1, 0.15) is 5.76 Å². The molecule has 2 rings (SSSR count). The number of methoxy groups -OCH3 is 1. The zero-order chi connectivity index (χ0) is 14.6. The number of nitrogens with one attached hydrogen (secondary N) is 1. The highest BCUT2D eigenvalue weighted by atomic mass is 32.2. The van der Waals surface area contributed by atoms with Gasteiger partial charge in [-0.05, 0) is 31.4 Å². The molecule has 1 N–H and O–H groups in total. The highest BCUT2D eigenvalue weighted by Crippen LogP contribution is 2.21. The standard InChI is InChI=1S/C13H22N2O4S/c1-15(8-3-9-18-2)20(16,17)13-7-6-12(19-13)10-14-11-4-5-11/h6-7,11,14H,3-5,8-10H2,1-2H3. The van der Waals surface area contributed by atoms with Crippen molar-refractivity contribution in [3.05, 3.63) is 17.9 Å². The molecule has 1 aromatic rings. The van der Waals surface area contributed by atoms with E-state index in [0.29, 0.717) is 37.9 Å². The van der Waals surface area contributed by atoms with Crippen molar-refractivity contribution in [3.8, 4) is 0 Å². The van der Waals surface area contributed by atoms with Crippen LogP contribution in [0.1, 0.15) is 25.0 Å². The average Bonchev–Trinajstić information content (AvgIpc) is 3.12. The predicted molar refractivity (Wildman–Crippen MR) is 74.9 cm³/mol. The molecular weight excluding hydrogens is 280 g/mol. The summed E-state index contributed by atoms with van der Waals surface area (Å²) in [6.07, 6.45) is 3.03. The van der Waals surface area contributed by atoms with Gasteiger partial charge in [-0.25, -0.2) is 8.42 Å². The maximum absolute atomic E-state index is 12.3. The lowest BCUT2D eigenvalue weighted by Crippen LogP contribution is -2.28. The molecule has 0 unspecified atom stereocenters. The van der Waals surface area contributed by atoms with Crippen molar-refractivity contribution < 1.29 is 17.6 Å². The Morgan fingerprint density at radius 3 is 2.85 bits per heavy atom. The Morgan fingerprint density at radius 2 is 2.20 bits per heavy atom. The van der Waals surface area contributed by atoms with Gasteiger partial charge in [-0.15, -0.1) is 0 Å². The topological polar surface area (TPSA) is 71.8 Å². The molecule has 1 aliphatic rings. The minimum absolute atomic E-state index is 0.00464. The largest absolute Gasteiger partial charge is 0.447 e. The molecule has 0 atom stereocenters. The summed E-state index contributed by atoms with van der Waals surface area (Å²) in [6.45, 7) is 1.52. The van der Waals surface area contributed by atoms with Gasteiger partial charge in [0.05, 0.1) is 6.54 Å². The van der Waals surface area contributed by atoms with Crippen LogP contribution in [0.3, 0.4) is 0 Å². The number of nitrogens with zero attached hydrogens (tertiary/aromatic N) is 1. The number of hydrogen-bond donors (Lipinski definition) is 1. The van der Waals surface area contributed by atoms with Crippen LogP contribution in [0.15, 0.2) is 21.6 Å². The molecule has 0 bridgehead atoms. The van der Waals surface area contributed by atoms with Gasteiger partial charge >= 0.3 is 0 Å². The highest BCUT2D eigenvalue weighted by Gasteiger charge is 2.25. The van der Waals surface area contributed by atoms with E-state index >= 15 is 0 Å². The zero-order valence-electron chi connectivity index (χ0n) is 12.0. The molecule has 0 aromatic carbocycles. The van der Waals surface area contributed by atoms with E-state index in [1.165, 1.54) is 23.2 Å². The number of hydrogen-bond acceptors (Lipinski definition) is 5. The SMILES string of the molecule is COCCCN(C)S(=O)(=O)c1ccc(CNC2CC2)o1. The second-order valence-electron chi connectivity index (χ2n) is 5.05. The normalized spacial score (nSPS) is 15.9. The quantitative estimate of drug-likeness (QED) is 0.694. The fourth-order valence-corrected chi connectivity index (χ4v) is 2.96. The van der Waals surface area contributed by atoms with Crippen LogP contribution in [0.25, 0.3) is 0 Å². The van der Waals surface area contributed by atoms with Crippen molar-refractivity contribution >= 4 is 10.0 Å². The van der Waals surface area contributed by atoms with Crippen molar-refractivity contribution in [3.63, 3.8) is 0 Å². The Bertz CT molecular complexity index is 522. The van der Waals surface area contributed by atoms with E-state index in [-0.39, 0.29) is 5.09 Å². The zero-order valence-corrected chi connectivity index (χ0v) is 12.8. The minimum atomic E-state index is -3.54. The van der Waals surface area contributed by atoms with Gasteiger partial charge in [0.25, 0.3) is 10.0 Å². The maximum Gasteiger partial charge on any atom is 0.276 e. The van der Waals surface area contributed by atoms with Crippen LogP contribution in [0.5, 0.6) is 0 Å². The fourth-order valence-electron chi connectivity index (χ4n) is 1.83. The van der Waals surface area contributed by atoms with Gasteiger partial charge in [-0.3, -0.25) is 0 Å². The third-order valence-corrected chi connectivity index (χ3v) is 5.00. The summed E-state index contributed by atoms with van der Waals surface area (Å²) in [4.78, 5) is 0. The lowest BCUT2D eigenvalue weighted by atomic mass is 10.4. The Labute approximate surface area is 120 Å². The third-order valence-electron chi connectivity index (χ3n) is 3.27. The number of sulfonamides is 1. The van der Waals surface area contributed by atoms with Crippen LogP contribution < -0.4 is 5.32 Å². The lowest BCUT2D eigenvalue weighted by Gasteiger charge is -2.14. The Balaban J connectivity index is 1.93. The summed E-state index contributed by atoms with van der Waals surface area (Å²) in [5.41, 5.74) is 0. The first-order chi connectivity index (χ1) is 9.54. The van der Waals surface area contributed by atoms with E-state index in [4.69, 9.17) is 9.15 Å². The predicted octanol–water partition coefficient (Wildman–Crippen LogP) is 1.19. The van der Waals surface area contributed by atoms with Crippen molar-refractivity contribution in [2.45, 2.75) is 36.9 Å². The summed E-state index contributed by atoms with van der Waals surface area (Å²) in [5.74, 6) is 0.653. The molecule has 1 fully saturated rings. The van der Waals surface area contributed by atoms with Crippen molar-refractivity contribution in [1.82, 2.24) is 9.62 Å². The van der Waals surface area contributed by atoms with E-state index in [9.17, 15) is 8.42 Å². The molecule has 0 amide bonds. The highest BCUT2D eigenvalue weighted by molar-refractivity contribution is 7.89. The molecule has 0 saturated heterocycles. The molecule has 114 valence electrons. The molecule has 20 heavy (non-hydrogen) atoms. The minimum Gasteiger partial charge on any atom is -0.447 e. The molecule has 1 heterocycles. The summed E-state index contributed by atoms with van der Waals surface area (Å²) < 4.78 is 36.2.